The number of aliphatic hydroxyl groups excluding tert-OH is 2. The molecule has 114 valence electrons. The van der Waals surface area contributed by atoms with Crippen LogP contribution in [0.5, 0.6) is 0 Å². The number of hydrogen-bond donors (Lipinski definition) is 2. The molecule has 21 heavy (non-hydrogen) atoms. The summed E-state index contributed by atoms with van der Waals surface area (Å²) in [6.07, 6.45) is 3.63. The molecule has 0 fully saturated rings. The van der Waals surface area contributed by atoms with Gasteiger partial charge in [-0.1, -0.05) is 37.3 Å². The maximum atomic E-state index is 9.84. The highest BCUT2D eigenvalue weighted by Gasteiger charge is 2.31. The highest BCUT2D eigenvalue weighted by atomic mass is 16.3. The number of hydrogen-bond acceptors (Lipinski definition) is 4. The summed E-state index contributed by atoms with van der Waals surface area (Å²) < 4.78 is 1.85. The second kappa shape index (κ2) is 7.33. The summed E-state index contributed by atoms with van der Waals surface area (Å²) in [7, 11) is 0. The Kier molecular flexibility index (Phi) is 5.47. The standard InChI is InChI=1S/C16H23N3O2/c1-2-8-19-15(17-13-18-19)10-16(11-20,12-21)9-14-6-4-3-5-7-14/h3-7,13,20-21H,2,8-12H2,1H3. The highest BCUT2D eigenvalue weighted by Crippen LogP contribution is 2.26. The van der Waals surface area contributed by atoms with Crippen LogP contribution in [0.15, 0.2) is 36.7 Å². The first-order valence-corrected chi connectivity index (χ1v) is 7.35. The van der Waals surface area contributed by atoms with Gasteiger partial charge in [-0.05, 0) is 18.4 Å². The molecule has 1 aromatic heterocycles. The molecule has 0 spiro atoms. The van der Waals surface area contributed by atoms with E-state index in [1.807, 2.05) is 35.0 Å². The molecule has 0 bridgehead atoms. The summed E-state index contributed by atoms with van der Waals surface area (Å²) in [4.78, 5) is 4.29. The predicted molar refractivity (Wildman–Crippen MR) is 80.8 cm³/mol. The second-order valence-electron chi connectivity index (χ2n) is 5.55. The molecule has 0 aliphatic heterocycles. The van der Waals surface area contributed by atoms with Crippen LogP contribution >= 0.6 is 0 Å². The van der Waals surface area contributed by atoms with Crippen LogP contribution in [-0.2, 0) is 19.4 Å². The van der Waals surface area contributed by atoms with Crippen molar-refractivity contribution in [3.63, 3.8) is 0 Å². The SMILES string of the molecule is CCCn1ncnc1CC(CO)(CO)Cc1ccccc1. The zero-order chi connectivity index (χ0) is 15.1. The lowest BCUT2D eigenvalue weighted by molar-refractivity contribution is 0.0522. The molecule has 1 heterocycles. The maximum Gasteiger partial charge on any atom is 0.138 e. The molecule has 0 saturated carbocycles. The summed E-state index contributed by atoms with van der Waals surface area (Å²) in [5.74, 6) is 0.816. The Labute approximate surface area is 125 Å². The van der Waals surface area contributed by atoms with Crippen LogP contribution in [-0.4, -0.2) is 38.2 Å². The number of aromatic nitrogens is 3. The van der Waals surface area contributed by atoms with E-state index < -0.39 is 5.41 Å². The Morgan fingerprint density at radius 3 is 2.43 bits per heavy atom. The first-order chi connectivity index (χ1) is 10.2. The molecule has 0 aliphatic carbocycles. The zero-order valence-electron chi connectivity index (χ0n) is 12.4. The van der Waals surface area contributed by atoms with Crippen molar-refractivity contribution in [2.75, 3.05) is 13.2 Å². The van der Waals surface area contributed by atoms with Gasteiger partial charge in [-0.25, -0.2) is 4.98 Å². The van der Waals surface area contributed by atoms with Crippen molar-refractivity contribution < 1.29 is 10.2 Å². The fourth-order valence-electron chi connectivity index (χ4n) is 2.52. The summed E-state index contributed by atoms with van der Waals surface area (Å²) in [5, 5.41) is 23.9. The van der Waals surface area contributed by atoms with Crippen LogP contribution in [0.2, 0.25) is 0 Å². The van der Waals surface area contributed by atoms with Crippen LogP contribution in [0, 0.1) is 5.41 Å². The molecule has 2 aromatic rings. The molecule has 5 nitrogen and oxygen atoms in total. The lowest BCUT2D eigenvalue weighted by Crippen LogP contribution is -2.36. The molecule has 2 rings (SSSR count). The van der Waals surface area contributed by atoms with E-state index in [1.54, 1.807) is 0 Å². The van der Waals surface area contributed by atoms with E-state index >= 15 is 0 Å². The average Bonchev–Trinajstić information content (AvgIpc) is 2.95. The molecule has 1 aromatic carbocycles. The van der Waals surface area contributed by atoms with Gasteiger partial charge in [0.1, 0.15) is 12.2 Å². The Balaban J connectivity index is 2.19. The minimum Gasteiger partial charge on any atom is -0.396 e. The topological polar surface area (TPSA) is 71.2 Å². The summed E-state index contributed by atoms with van der Waals surface area (Å²) in [5.41, 5.74) is 0.488. The van der Waals surface area contributed by atoms with Crippen molar-refractivity contribution in [1.29, 1.82) is 0 Å². The zero-order valence-corrected chi connectivity index (χ0v) is 12.4. The lowest BCUT2D eigenvalue weighted by atomic mass is 9.80. The first-order valence-electron chi connectivity index (χ1n) is 7.35. The third-order valence-electron chi connectivity index (χ3n) is 3.76. The van der Waals surface area contributed by atoms with E-state index in [1.165, 1.54) is 6.33 Å². The van der Waals surface area contributed by atoms with Crippen LogP contribution in [0.4, 0.5) is 0 Å². The van der Waals surface area contributed by atoms with Crippen molar-refractivity contribution in [1.82, 2.24) is 14.8 Å². The van der Waals surface area contributed by atoms with Gasteiger partial charge in [0.25, 0.3) is 0 Å². The van der Waals surface area contributed by atoms with E-state index in [0.717, 1.165) is 24.4 Å². The Morgan fingerprint density at radius 1 is 1.10 bits per heavy atom. The molecule has 2 N–H and O–H groups in total. The quantitative estimate of drug-likeness (QED) is 0.771. The molecule has 0 saturated heterocycles. The van der Waals surface area contributed by atoms with E-state index in [0.29, 0.717) is 12.8 Å². The van der Waals surface area contributed by atoms with Crippen LogP contribution in [0.25, 0.3) is 0 Å². The molecule has 0 radical (unpaired) electrons. The fourth-order valence-corrected chi connectivity index (χ4v) is 2.52. The molecular formula is C16H23N3O2. The largest absolute Gasteiger partial charge is 0.396 e. The number of nitrogens with zero attached hydrogens (tertiary/aromatic N) is 3. The summed E-state index contributed by atoms with van der Waals surface area (Å²) in [6.45, 7) is 2.71. The molecular weight excluding hydrogens is 266 g/mol. The number of aryl methyl sites for hydroxylation is 1. The Morgan fingerprint density at radius 2 is 1.81 bits per heavy atom. The summed E-state index contributed by atoms with van der Waals surface area (Å²) >= 11 is 0. The molecule has 0 atom stereocenters. The third kappa shape index (κ3) is 3.89. The van der Waals surface area contributed by atoms with E-state index in [-0.39, 0.29) is 13.2 Å². The van der Waals surface area contributed by atoms with Crippen molar-refractivity contribution in [2.45, 2.75) is 32.7 Å². The lowest BCUT2D eigenvalue weighted by Gasteiger charge is -2.29. The van der Waals surface area contributed by atoms with Crippen molar-refractivity contribution in [3.05, 3.63) is 48.0 Å². The van der Waals surface area contributed by atoms with Crippen LogP contribution < -0.4 is 0 Å². The third-order valence-corrected chi connectivity index (χ3v) is 3.76. The monoisotopic (exact) mass is 289 g/mol. The fraction of sp³-hybridized carbons (Fsp3) is 0.500. The number of aliphatic hydroxyl groups is 2. The molecule has 0 unspecified atom stereocenters. The van der Waals surface area contributed by atoms with Gasteiger partial charge in [-0.2, -0.15) is 5.10 Å². The Bertz CT molecular complexity index is 535. The van der Waals surface area contributed by atoms with Crippen LogP contribution in [0.1, 0.15) is 24.7 Å². The van der Waals surface area contributed by atoms with Crippen molar-refractivity contribution in [3.8, 4) is 0 Å². The highest BCUT2D eigenvalue weighted by molar-refractivity contribution is 5.17. The van der Waals surface area contributed by atoms with Gasteiger partial charge in [0.05, 0.1) is 13.2 Å². The van der Waals surface area contributed by atoms with E-state index in [4.69, 9.17) is 0 Å². The van der Waals surface area contributed by atoms with Gasteiger partial charge in [0.15, 0.2) is 0 Å². The van der Waals surface area contributed by atoms with Gasteiger partial charge in [0.2, 0.25) is 0 Å². The van der Waals surface area contributed by atoms with Crippen molar-refractivity contribution >= 4 is 0 Å². The normalized spacial score (nSPS) is 11.8. The van der Waals surface area contributed by atoms with Crippen LogP contribution in [0.3, 0.4) is 0 Å². The van der Waals surface area contributed by atoms with E-state index in [2.05, 4.69) is 17.0 Å². The minimum absolute atomic E-state index is 0.0859. The molecule has 5 heteroatoms. The van der Waals surface area contributed by atoms with Crippen molar-refractivity contribution in [2.24, 2.45) is 5.41 Å². The first kappa shape index (κ1) is 15.7. The molecule has 0 amide bonds. The Hall–Kier alpha value is -1.72. The average molecular weight is 289 g/mol. The number of rotatable bonds is 8. The van der Waals surface area contributed by atoms with E-state index in [9.17, 15) is 10.2 Å². The molecule has 0 aliphatic rings. The second-order valence-corrected chi connectivity index (χ2v) is 5.55. The van der Waals surface area contributed by atoms with Gasteiger partial charge in [0, 0.05) is 18.4 Å². The minimum atomic E-state index is -0.611. The van der Waals surface area contributed by atoms with Gasteiger partial charge < -0.3 is 10.2 Å². The van der Waals surface area contributed by atoms with Gasteiger partial charge in [-0.15, -0.1) is 0 Å². The van der Waals surface area contributed by atoms with Gasteiger partial charge in [-0.3, -0.25) is 4.68 Å². The predicted octanol–water partition coefficient (Wildman–Crippen LogP) is 1.44. The summed E-state index contributed by atoms with van der Waals surface area (Å²) in [6, 6.07) is 9.91. The maximum absolute atomic E-state index is 9.84. The van der Waals surface area contributed by atoms with Gasteiger partial charge >= 0.3 is 0 Å². The number of benzene rings is 1. The smallest absolute Gasteiger partial charge is 0.138 e.